The number of rotatable bonds is 4. The van der Waals surface area contributed by atoms with Crippen LogP contribution >= 0.6 is 11.6 Å². The number of alkyl halides is 3. The zero-order valence-electron chi connectivity index (χ0n) is 11.5. The van der Waals surface area contributed by atoms with Crippen molar-refractivity contribution < 1.29 is 18.1 Å². The predicted molar refractivity (Wildman–Crippen MR) is 77.5 cm³/mol. The van der Waals surface area contributed by atoms with Crippen molar-refractivity contribution in [1.29, 1.82) is 0 Å². The van der Waals surface area contributed by atoms with E-state index >= 15 is 0 Å². The Bertz CT molecular complexity index is 755. The fourth-order valence-electron chi connectivity index (χ4n) is 1.67. The molecule has 2 aromatic rings. The minimum absolute atomic E-state index is 0.116. The van der Waals surface area contributed by atoms with Crippen LogP contribution in [0, 0.1) is 10.1 Å². The van der Waals surface area contributed by atoms with E-state index in [9.17, 15) is 23.3 Å². The first-order valence-electron chi connectivity index (χ1n) is 6.03. The lowest BCUT2D eigenvalue weighted by Crippen LogP contribution is -2.09. The second-order valence-corrected chi connectivity index (χ2v) is 4.71. The summed E-state index contributed by atoms with van der Waals surface area (Å²) in [5.74, 6) is 0. The Kier molecular flexibility index (Phi) is 4.55. The number of hydrazone groups is 1. The molecule has 122 valence electrons. The Morgan fingerprint density at radius 2 is 2.00 bits per heavy atom. The van der Waals surface area contributed by atoms with Crippen molar-refractivity contribution in [3.05, 3.63) is 50.8 Å². The molecule has 1 aromatic heterocycles. The molecule has 0 aliphatic rings. The first-order valence-corrected chi connectivity index (χ1v) is 6.41. The van der Waals surface area contributed by atoms with Crippen molar-refractivity contribution in [3.63, 3.8) is 0 Å². The molecule has 0 saturated heterocycles. The molecule has 11 heteroatoms. The number of nitrogens with zero attached hydrogens (tertiary/aromatic N) is 4. The Hall–Kier alpha value is -2.62. The van der Waals surface area contributed by atoms with Crippen LogP contribution in [-0.4, -0.2) is 20.9 Å². The summed E-state index contributed by atoms with van der Waals surface area (Å²) < 4.78 is 39.4. The monoisotopic (exact) mass is 347 g/mol. The van der Waals surface area contributed by atoms with Crippen LogP contribution in [0.5, 0.6) is 0 Å². The number of halogens is 4. The highest BCUT2D eigenvalue weighted by Gasteiger charge is 2.38. The number of aromatic nitrogens is 2. The molecule has 0 aliphatic carbocycles. The number of benzene rings is 1. The van der Waals surface area contributed by atoms with Gasteiger partial charge in [0.2, 0.25) is 0 Å². The second kappa shape index (κ2) is 6.24. The van der Waals surface area contributed by atoms with E-state index in [4.69, 9.17) is 11.6 Å². The number of hydrogen-bond donors (Lipinski definition) is 1. The summed E-state index contributed by atoms with van der Waals surface area (Å²) in [7, 11) is 1.28. The molecule has 0 saturated carbocycles. The minimum atomic E-state index is -4.67. The average molecular weight is 348 g/mol. The van der Waals surface area contributed by atoms with Gasteiger partial charge in [0.05, 0.1) is 22.4 Å². The summed E-state index contributed by atoms with van der Waals surface area (Å²) in [4.78, 5) is 9.94. The molecule has 0 unspecified atom stereocenters. The van der Waals surface area contributed by atoms with Gasteiger partial charge < -0.3 is 0 Å². The Morgan fingerprint density at radius 1 is 1.39 bits per heavy atom. The Labute approximate surface area is 132 Å². The fourth-order valence-corrected chi connectivity index (χ4v) is 1.85. The molecule has 1 aromatic carbocycles. The molecule has 0 fully saturated rings. The van der Waals surface area contributed by atoms with Gasteiger partial charge in [-0.1, -0.05) is 11.6 Å². The predicted octanol–water partition coefficient (Wildman–Crippen LogP) is 3.45. The molecule has 0 atom stereocenters. The maximum Gasteiger partial charge on any atom is 0.435 e. The number of aryl methyl sites for hydroxylation is 1. The van der Waals surface area contributed by atoms with Gasteiger partial charge in [-0.25, -0.2) is 0 Å². The summed E-state index contributed by atoms with van der Waals surface area (Å²) in [6.45, 7) is 0. The van der Waals surface area contributed by atoms with Crippen molar-refractivity contribution >= 4 is 29.2 Å². The van der Waals surface area contributed by atoms with E-state index < -0.39 is 16.8 Å². The molecule has 2 rings (SSSR count). The van der Waals surface area contributed by atoms with E-state index in [0.29, 0.717) is 5.69 Å². The number of non-ortho nitro benzene ring substituents is 1. The lowest BCUT2D eigenvalue weighted by atomic mass is 10.2. The van der Waals surface area contributed by atoms with Crippen LogP contribution < -0.4 is 5.43 Å². The van der Waals surface area contributed by atoms with Crippen LogP contribution in [0.25, 0.3) is 0 Å². The highest BCUT2D eigenvalue weighted by molar-refractivity contribution is 6.32. The number of anilines is 1. The lowest BCUT2D eigenvalue weighted by molar-refractivity contribution is -0.384. The summed E-state index contributed by atoms with van der Waals surface area (Å²) in [5.41, 5.74) is 1.17. The van der Waals surface area contributed by atoms with E-state index in [1.807, 2.05) is 0 Å². The largest absolute Gasteiger partial charge is 0.435 e. The maximum atomic E-state index is 12.8. The van der Waals surface area contributed by atoms with E-state index in [2.05, 4.69) is 15.6 Å². The van der Waals surface area contributed by atoms with Crippen molar-refractivity contribution in [3.8, 4) is 0 Å². The van der Waals surface area contributed by atoms with Crippen molar-refractivity contribution in [1.82, 2.24) is 9.78 Å². The minimum Gasteiger partial charge on any atom is -0.278 e. The van der Waals surface area contributed by atoms with Gasteiger partial charge in [-0.15, -0.1) is 0 Å². The fraction of sp³-hybridized carbons (Fsp3) is 0.167. The third-order valence-corrected chi connectivity index (χ3v) is 3.19. The molecule has 0 aliphatic heterocycles. The zero-order valence-corrected chi connectivity index (χ0v) is 12.3. The summed E-state index contributed by atoms with van der Waals surface area (Å²) >= 11 is 5.76. The Morgan fingerprint density at radius 3 is 2.52 bits per heavy atom. The van der Waals surface area contributed by atoms with Crippen molar-refractivity contribution in [2.24, 2.45) is 12.1 Å². The van der Waals surface area contributed by atoms with Gasteiger partial charge in [0.1, 0.15) is 5.15 Å². The van der Waals surface area contributed by atoms with Crippen LogP contribution in [0.2, 0.25) is 5.15 Å². The molecular formula is C12H9ClF3N5O2. The molecule has 0 spiro atoms. The van der Waals surface area contributed by atoms with Crippen LogP contribution in [-0.2, 0) is 13.2 Å². The third-order valence-electron chi connectivity index (χ3n) is 2.75. The van der Waals surface area contributed by atoms with Gasteiger partial charge >= 0.3 is 6.18 Å². The smallest absolute Gasteiger partial charge is 0.278 e. The van der Waals surface area contributed by atoms with Gasteiger partial charge in [0.25, 0.3) is 5.69 Å². The Balaban J connectivity index is 2.19. The molecule has 1 heterocycles. The summed E-state index contributed by atoms with van der Waals surface area (Å²) in [6, 6.07) is 5.20. The normalized spacial score (nSPS) is 11.9. The first-order chi connectivity index (χ1) is 10.7. The average Bonchev–Trinajstić information content (AvgIpc) is 2.76. The van der Waals surface area contributed by atoms with E-state index in [1.54, 1.807) is 0 Å². The van der Waals surface area contributed by atoms with Crippen molar-refractivity contribution in [2.45, 2.75) is 6.18 Å². The number of nitrogens with one attached hydrogen (secondary N) is 1. The van der Waals surface area contributed by atoms with Crippen LogP contribution in [0.1, 0.15) is 11.3 Å². The molecular weight excluding hydrogens is 339 g/mol. The third kappa shape index (κ3) is 3.77. The van der Waals surface area contributed by atoms with Gasteiger partial charge in [-0.3, -0.25) is 20.2 Å². The molecule has 23 heavy (non-hydrogen) atoms. The van der Waals surface area contributed by atoms with Crippen LogP contribution in [0.3, 0.4) is 0 Å². The second-order valence-electron chi connectivity index (χ2n) is 4.35. The van der Waals surface area contributed by atoms with Crippen molar-refractivity contribution in [2.75, 3.05) is 5.43 Å². The van der Waals surface area contributed by atoms with Crippen LogP contribution in [0.4, 0.5) is 24.5 Å². The van der Waals surface area contributed by atoms with E-state index in [-0.39, 0.29) is 16.4 Å². The van der Waals surface area contributed by atoms with Gasteiger partial charge in [-0.05, 0) is 12.1 Å². The van der Waals surface area contributed by atoms with E-state index in [0.717, 1.165) is 10.9 Å². The van der Waals surface area contributed by atoms with Gasteiger partial charge in [0.15, 0.2) is 5.69 Å². The lowest BCUT2D eigenvalue weighted by Gasteiger charge is -2.03. The highest BCUT2D eigenvalue weighted by Crippen LogP contribution is 2.33. The molecule has 0 amide bonds. The quantitative estimate of drug-likeness (QED) is 0.521. The van der Waals surface area contributed by atoms with E-state index in [1.165, 1.54) is 31.3 Å². The SMILES string of the molecule is Cn1nc(C(F)(F)F)c(/C=N\Nc2ccc([N+](=O)[O-])cc2)c1Cl. The maximum absolute atomic E-state index is 12.8. The van der Waals surface area contributed by atoms with Gasteiger partial charge in [-0.2, -0.15) is 23.4 Å². The molecule has 0 bridgehead atoms. The number of nitro groups is 1. The number of nitro benzene ring substituents is 1. The number of hydrogen-bond acceptors (Lipinski definition) is 5. The van der Waals surface area contributed by atoms with Crippen LogP contribution in [0.15, 0.2) is 29.4 Å². The molecule has 0 radical (unpaired) electrons. The summed E-state index contributed by atoms with van der Waals surface area (Å²) in [6.07, 6.45) is -3.78. The van der Waals surface area contributed by atoms with Gasteiger partial charge in [0, 0.05) is 19.2 Å². The zero-order chi connectivity index (χ0) is 17.2. The summed E-state index contributed by atoms with van der Waals surface area (Å²) in [5, 5.41) is 17.2. The highest BCUT2D eigenvalue weighted by atomic mass is 35.5. The molecule has 7 nitrogen and oxygen atoms in total. The standard InChI is InChI=1S/C12H9ClF3N5O2/c1-20-11(13)9(10(19-20)12(14,15)16)6-17-18-7-2-4-8(5-3-7)21(22)23/h2-6,18H,1H3/b17-6-. The first kappa shape index (κ1) is 16.7. The molecule has 1 N–H and O–H groups in total. The topological polar surface area (TPSA) is 85.3 Å².